The van der Waals surface area contributed by atoms with Gasteiger partial charge in [0.05, 0.1) is 6.61 Å². The number of aliphatic hydroxyl groups is 1. The molecule has 0 spiro atoms. The second-order valence-corrected chi connectivity index (χ2v) is 21.5. The van der Waals surface area contributed by atoms with E-state index < -0.39 is 6.10 Å². The molecule has 0 aliphatic rings. The number of hydrogen-bond acceptors (Lipinski definition) is 5. The summed E-state index contributed by atoms with van der Waals surface area (Å²) in [6, 6.07) is 0. The number of esters is 2. The number of aliphatic hydroxyl groups excluding tert-OH is 1. The number of hydrogen-bond donors (Lipinski definition) is 1. The van der Waals surface area contributed by atoms with Gasteiger partial charge in [-0.05, 0) is 83.5 Å². The highest BCUT2D eigenvalue weighted by molar-refractivity contribution is 5.70. The molecular formula is C71H122O5. The summed E-state index contributed by atoms with van der Waals surface area (Å²) in [5, 5.41) is 9.68. The van der Waals surface area contributed by atoms with E-state index in [9.17, 15) is 14.7 Å². The lowest BCUT2D eigenvalue weighted by atomic mass is 10.0. The first-order chi connectivity index (χ1) is 37.6. The maximum absolute atomic E-state index is 12.3. The van der Waals surface area contributed by atoms with Gasteiger partial charge in [0.15, 0.2) is 6.10 Å². The van der Waals surface area contributed by atoms with E-state index in [4.69, 9.17) is 9.47 Å². The quantitative estimate of drug-likeness (QED) is 0.0373. The summed E-state index contributed by atoms with van der Waals surface area (Å²) in [5.41, 5.74) is 0. The lowest BCUT2D eigenvalue weighted by Gasteiger charge is -2.15. The van der Waals surface area contributed by atoms with Crippen molar-refractivity contribution in [2.75, 3.05) is 13.2 Å². The molecule has 1 atom stereocenters. The van der Waals surface area contributed by atoms with Crippen LogP contribution in [0.3, 0.4) is 0 Å². The van der Waals surface area contributed by atoms with Gasteiger partial charge in [0.25, 0.3) is 0 Å². The van der Waals surface area contributed by atoms with Crippen LogP contribution in [-0.4, -0.2) is 36.4 Å². The molecule has 76 heavy (non-hydrogen) atoms. The molecule has 0 saturated carbocycles. The summed E-state index contributed by atoms with van der Waals surface area (Å²) in [6.45, 7) is 4.06. The molecule has 436 valence electrons. The van der Waals surface area contributed by atoms with Crippen LogP contribution in [0.5, 0.6) is 0 Å². The molecule has 0 radical (unpaired) electrons. The lowest BCUT2D eigenvalue weighted by molar-refractivity contribution is -0.161. The smallest absolute Gasteiger partial charge is 0.306 e. The highest BCUT2D eigenvalue weighted by atomic mass is 16.6. The van der Waals surface area contributed by atoms with Crippen molar-refractivity contribution in [1.29, 1.82) is 0 Å². The molecule has 0 aliphatic carbocycles. The lowest BCUT2D eigenvalue weighted by Crippen LogP contribution is -2.28. The van der Waals surface area contributed by atoms with Crippen molar-refractivity contribution >= 4 is 11.9 Å². The van der Waals surface area contributed by atoms with Gasteiger partial charge in [-0.15, -0.1) is 0 Å². The van der Waals surface area contributed by atoms with E-state index in [1.165, 1.54) is 186 Å². The Morgan fingerprint density at radius 2 is 0.566 bits per heavy atom. The summed E-state index contributed by atoms with van der Waals surface area (Å²) < 4.78 is 10.7. The Hall–Kier alpha value is -3.44. The van der Waals surface area contributed by atoms with Gasteiger partial charge >= 0.3 is 11.9 Å². The summed E-state index contributed by atoms with van der Waals surface area (Å²) in [4.78, 5) is 24.6. The SMILES string of the molecule is CC/C=C\C/C=C\C/C=C\C/C=C\C/C=C\C/C=C\C/C=C\C/C=C\C/C=C\CCCCCCCCCCCCCC(=O)OC(CO)COC(=O)CCCCCCCCCCCCCCCCCCCCCCCCC. The molecule has 0 fully saturated rings. The number of unbranched alkanes of at least 4 members (excludes halogenated alkanes) is 33. The van der Waals surface area contributed by atoms with E-state index in [-0.39, 0.29) is 25.2 Å². The van der Waals surface area contributed by atoms with Crippen molar-refractivity contribution in [2.45, 2.75) is 315 Å². The fraction of sp³-hybridized carbons (Fsp3) is 0.718. The fourth-order valence-corrected chi connectivity index (χ4v) is 9.26. The van der Waals surface area contributed by atoms with Gasteiger partial charge in [0, 0.05) is 12.8 Å². The van der Waals surface area contributed by atoms with Crippen molar-refractivity contribution in [1.82, 2.24) is 0 Å². The van der Waals surface area contributed by atoms with E-state index in [2.05, 4.69) is 123 Å². The summed E-state index contributed by atoms with van der Waals surface area (Å²) in [6.07, 6.45) is 95.2. The Kier molecular flexibility index (Phi) is 62.9. The summed E-state index contributed by atoms with van der Waals surface area (Å²) >= 11 is 0. The van der Waals surface area contributed by atoms with Crippen LogP contribution in [0.2, 0.25) is 0 Å². The zero-order valence-electron chi connectivity index (χ0n) is 50.0. The molecule has 0 rings (SSSR count). The first-order valence-corrected chi connectivity index (χ1v) is 32.4. The van der Waals surface area contributed by atoms with Gasteiger partial charge in [0.1, 0.15) is 6.61 Å². The Morgan fingerprint density at radius 1 is 0.316 bits per heavy atom. The highest BCUT2D eigenvalue weighted by Gasteiger charge is 2.16. The third-order valence-electron chi connectivity index (χ3n) is 14.1. The van der Waals surface area contributed by atoms with E-state index in [1.54, 1.807) is 0 Å². The minimum Gasteiger partial charge on any atom is -0.462 e. The van der Waals surface area contributed by atoms with Crippen LogP contribution >= 0.6 is 0 Å². The topological polar surface area (TPSA) is 72.8 Å². The van der Waals surface area contributed by atoms with Crippen molar-refractivity contribution in [2.24, 2.45) is 0 Å². The zero-order valence-corrected chi connectivity index (χ0v) is 50.0. The summed E-state index contributed by atoms with van der Waals surface area (Å²) in [5.74, 6) is -0.585. The Balaban J connectivity index is 3.52. The molecule has 0 bridgehead atoms. The monoisotopic (exact) mass is 1050 g/mol. The van der Waals surface area contributed by atoms with E-state index >= 15 is 0 Å². The third kappa shape index (κ3) is 63.1. The van der Waals surface area contributed by atoms with Crippen LogP contribution in [0.15, 0.2) is 109 Å². The van der Waals surface area contributed by atoms with Crippen LogP contribution < -0.4 is 0 Å². The summed E-state index contributed by atoms with van der Waals surface area (Å²) in [7, 11) is 0. The second-order valence-electron chi connectivity index (χ2n) is 21.5. The van der Waals surface area contributed by atoms with Crippen molar-refractivity contribution < 1.29 is 24.2 Å². The Bertz CT molecular complexity index is 1470. The van der Waals surface area contributed by atoms with E-state index in [1.807, 2.05) is 0 Å². The van der Waals surface area contributed by atoms with Crippen LogP contribution in [0.25, 0.3) is 0 Å². The fourth-order valence-electron chi connectivity index (χ4n) is 9.26. The number of rotatable bonds is 59. The van der Waals surface area contributed by atoms with Gasteiger partial charge in [-0.1, -0.05) is 322 Å². The van der Waals surface area contributed by atoms with Gasteiger partial charge in [-0.25, -0.2) is 0 Å². The molecule has 0 aromatic carbocycles. The second kappa shape index (κ2) is 65.8. The average Bonchev–Trinajstić information content (AvgIpc) is 3.42. The predicted octanol–water partition coefficient (Wildman–Crippen LogP) is 22.4. The van der Waals surface area contributed by atoms with Crippen molar-refractivity contribution in [3.05, 3.63) is 109 Å². The highest BCUT2D eigenvalue weighted by Crippen LogP contribution is 2.17. The molecule has 0 saturated heterocycles. The van der Waals surface area contributed by atoms with Crippen molar-refractivity contribution in [3.63, 3.8) is 0 Å². The predicted molar refractivity (Wildman–Crippen MR) is 334 cm³/mol. The zero-order chi connectivity index (χ0) is 54.8. The van der Waals surface area contributed by atoms with Crippen LogP contribution in [-0.2, 0) is 19.1 Å². The minimum atomic E-state index is -0.778. The minimum absolute atomic E-state index is 0.0674. The number of ether oxygens (including phenoxy) is 2. The molecule has 0 aromatic rings. The Labute approximate surface area is 471 Å². The Morgan fingerprint density at radius 3 is 0.855 bits per heavy atom. The number of allylic oxidation sites excluding steroid dienone is 18. The number of carbonyl (C=O) groups excluding carboxylic acids is 2. The average molecular weight is 1060 g/mol. The van der Waals surface area contributed by atoms with Crippen molar-refractivity contribution in [3.8, 4) is 0 Å². The van der Waals surface area contributed by atoms with E-state index in [0.717, 1.165) is 96.3 Å². The molecule has 0 amide bonds. The van der Waals surface area contributed by atoms with Crippen LogP contribution in [0.4, 0.5) is 0 Å². The first-order valence-electron chi connectivity index (χ1n) is 32.4. The molecule has 0 aliphatic heterocycles. The normalized spacial score (nSPS) is 12.9. The van der Waals surface area contributed by atoms with E-state index in [0.29, 0.717) is 12.8 Å². The standard InChI is InChI=1S/C71H122O5/c1-3-5-7-9-11-13-15-17-19-21-23-25-27-28-29-30-31-32-33-34-35-36-37-38-39-40-41-42-44-46-48-50-52-54-56-58-60-62-64-66-71(74)76-69(67-72)68-75-70(73)65-63-61-59-57-55-53-51-49-47-45-43-26-24-22-20-18-16-14-12-10-8-6-4-2/h5,7,11,13,17,19,23,25,28-29,31-32,34-35,37-38,40-41,69,72H,3-4,6,8-10,12,14-16,18,20-22,24,26-27,30,33,36,39,42-68H2,1-2H3/b7-5-,13-11-,19-17-,25-23-,29-28-,32-31-,35-34-,38-37-,41-40-. The maximum Gasteiger partial charge on any atom is 0.306 e. The van der Waals surface area contributed by atoms with Gasteiger partial charge in [-0.3, -0.25) is 9.59 Å². The molecule has 5 heteroatoms. The third-order valence-corrected chi connectivity index (χ3v) is 14.1. The first kappa shape index (κ1) is 72.6. The van der Waals surface area contributed by atoms with Gasteiger partial charge < -0.3 is 14.6 Å². The molecule has 1 N–H and O–H groups in total. The molecular weight excluding hydrogens is 933 g/mol. The number of carbonyl (C=O) groups is 2. The molecule has 1 unspecified atom stereocenters. The largest absolute Gasteiger partial charge is 0.462 e. The van der Waals surface area contributed by atoms with Gasteiger partial charge in [-0.2, -0.15) is 0 Å². The van der Waals surface area contributed by atoms with Crippen LogP contribution in [0, 0.1) is 0 Å². The molecule has 0 aromatic heterocycles. The maximum atomic E-state index is 12.3. The van der Waals surface area contributed by atoms with Crippen LogP contribution in [0.1, 0.15) is 309 Å². The molecule has 5 nitrogen and oxygen atoms in total. The molecule has 0 heterocycles. The van der Waals surface area contributed by atoms with Gasteiger partial charge in [0.2, 0.25) is 0 Å².